The highest BCUT2D eigenvalue weighted by Gasteiger charge is 2.12. The number of likely N-dealkylation sites (N-methyl/N-ethyl adjacent to an activating group) is 1. The topological polar surface area (TPSA) is 76.1 Å². The number of halogens is 1. The summed E-state index contributed by atoms with van der Waals surface area (Å²) in [6.07, 6.45) is 1.68. The van der Waals surface area contributed by atoms with Crippen molar-refractivity contribution in [1.29, 1.82) is 0 Å². The predicted molar refractivity (Wildman–Crippen MR) is 112 cm³/mol. The Kier molecular flexibility index (Phi) is 8.41. The first kappa shape index (κ1) is 22.9. The van der Waals surface area contributed by atoms with Crippen LogP contribution in [0.3, 0.4) is 0 Å². The van der Waals surface area contributed by atoms with Gasteiger partial charge in [-0.3, -0.25) is 4.79 Å². The molecule has 7 heteroatoms. The van der Waals surface area contributed by atoms with Crippen molar-refractivity contribution in [3.05, 3.63) is 65.0 Å². The maximum absolute atomic E-state index is 13.8. The minimum atomic E-state index is -1.11. The van der Waals surface area contributed by atoms with E-state index < -0.39 is 12.6 Å². The summed E-state index contributed by atoms with van der Waals surface area (Å²) in [6.45, 7) is 6.20. The molecule has 6 nitrogen and oxygen atoms in total. The summed E-state index contributed by atoms with van der Waals surface area (Å²) in [5.41, 5.74) is 1.52. The number of amides is 1. The molecule has 0 aliphatic rings. The fourth-order valence-corrected chi connectivity index (χ4v) is 2.84. The average molecular weight is 415 g/mol. The van der Waals surface area contributed by atoms with E-state index in [1.807, 2.05) is 13.8 Å². The summed E-state index contributed by atoms with van der Waals surface area (Å²) in [7, 11) is 0. The van der Waals surface area contributed by atoms with Crippen LogP contribution in [0.2, 0.25) is 0 Å². The molecule has 0 unspecified atom stereocenters. The summed E-state index contributed by atoms with van der Waals surface area (Å²) in [5.74, 6) is -0.937. The number of hydrogen-bond acceptors (Lipinski definition) is 4. The van der Waals surface area contributed by atoms with Crippen molar-refractivity contribution in [2.75, 3.05) is 19.7 Å². The van der Waals surface area contributed by atoms with Crippen molar-refractivity contribution in [1.82, 2.24) is 4.90 Å². The molecule has 0 aliphatic heterocycles. The van der Waals surface area contributed by atoms with Gasteiger partial charge in [0.05, 0.1) is 0 Å². The molecule has 0 saturated carbocycles. The lowest BCUT2D eigenvalue weighted by Gasteiger charge is -2.19. The molecule has 1 amide bonds. The summed E-state index contributed by atoms with van der Waals surface area (Å²) in [5, 5.41) is 8.87. The van der Waals surface area contributed by atoms with Crippen LogP contribution in [-0.4, -0.2) is 41.6 Å². The molecule has 2 aromatic rings. The van der Waals surface area contributed by atoms with Crippen LogP contribution in [0.25, 0.3) is 6.08 Å². The molecule has 0 radical (unpaired) electrons. The van der Waals surface area contributed by atoms with Crippen molar-refractivity contribution in [3.8, 4) is 11.5 Å². The first-order valence-electron chi connectivity index (χ1n) is 9.67. The third-order valence-electron chi connectivity index (χ3n) is 4.39. The van der Waals surface area contributed by atoms with E-state index >= 15 is 0 Å². The predicted octanol–water partition coefficient (Wildman–Crippen LogP) is 4.14. The average Bonchev–Trinajstić information content (AvgIpc) is 2.72. The highest BCUT2D eigenvalue weighted by molar-refractivity contribution is 5.97. The first-order valence-corrected chi connectivity index (χ1v) is 9.67. The van der Waals surface area contributed by atoms with Gasteiger partial charge in [-0.15, -0.1) is 0 Å². The Morgan fingerprint density at radius 3 is 2.30 bits per heavy atom. The standard InChI is InChI=1S/C23H26FNO5/c1-4-25(5-2)23(28)16(3)10-17-11-19(13-20(12-17)30-15-22(26)27)29-14-18-8-6-7-9-21(18)24/h6-13H,4-5,14-15H2,1-3H3,(H,26,27)/b16-10-. The van der Waals surface area contributed by atoms with E-state index in [2.05, 4.69) is 0 Å². The van der Waals surface area contributed by atoms with Crippen molar-refractivity contribution in [3.63, 3.8) is 0 Å². The Morgan fingerprint density at radius 1 is 1.07 bits per heavy atom. The Bertz CT molecular complexity index is 922. The second-order valence-corrected chi connectivity index (χ2v) is 6.61. The van der Waals surface area contributed by atoms with Crippen molar-refractivity contribution in [2.24, 2.45) is 0 Å². The zero-order valence-corrected chi connectivity index (χ0v) is 17.4. The van der Waals surface area contributed by atoms with E-state index in [1.165, 1.54) is 12.1 Å². The maximum Gasteiger partial charge on any atom is 0.341 e. The van der Waals surface area contributed by atoms with E-state index in [9.17, 15) is 14.0 Å². The van der Waals surface area contributed by atoms with E-state index in [0.29, 0.717) is 35.5 Å². The zero-order valence-electron chi connectivity index (χ0n) is 17.4. The smallest absolute Gasteiger partial charge is 0.341 e. The Labute approximate surface area is 175 Å². The second-order valence-electron chi connectivity index (χ2n) is 6.61. The number of ether oxygens (including phenoxy) is 2. The summed E-state index contributed by atoms with van der Waals surface area (Å²) < 4.78 is 24.8. The molecule has 0 aromatic heterocycles. The highest BCUT2D eigenvalue weighted by atomic mass is 19.1. The normalized spacial score (nSPS) is 11.1. The van der Waals surface area contributed by atoms with Crippen LogP contribution in [0.15, 0.2) is 48.0 Å². The first-order chi connectivity index (χ1) is 14.3. The Morgan fingerprint density at radius 2 is 1.70 bits per heavy atom. The van der Waals surface area contributed by atoms with Gasteiger partial charge in [-0.25, -0.2) is 9.18 Å². The molecule has 160 valence electrons. The lowest BCUT2D eigenvalue weighted by atomic mass is 10.1. The van der Waals surface area contributed by atoms with Crippen LogP contribution in [0.1, 0.15) is 31.9 Å². The lowest BCUT2D eigenvalue weighted by Crippen LogP contribution is -2.30. The number of carboxylic acids is 1. The van der Waals surface area contributed by atoms with Crippen LogP contribution in [0.5, 0.6) is 11.5 Å². The highest BCUT2D eigenvalue weighted by Crippen LogP contribution is 2.26. The molecular formula is C23H26FNO5. The molecular weight excluding hydrogens is 389 g/mol. The van der Waals surface area contributed by atoms with Gasteiger partial charge in [0, 0.05) is 30.3 Å². The quantitative estimate of drug-likeness (QED) is 0.590. The van der Waals surface area contributed by atoms with Crippen molar-refractivity contribution >= 4 is 18.0 Å². The molecule has 1 N–H and O–H groups in total. The third-order valence-corrected chi connectivity index (χ3v) is 4.39. The summed E-state index contributed by atoms with van der Waals surface area (Å²) in [4.78, 5) is 25.1. The van der Waals surface area contributed by atoms with Gasteiger partial charge < -0.3 is 19.5 Å². The van der Waals surface area contributed by atoms with Crippen molar-refractivity contribution in [2.45, 2.75) is 27.4 Å². The molecule has 2 aromatic carbocycles. The van der Waals surface area contributed by atoms with Crippen LogP contribution in [0.4, 0.5) is 4.39 Å². The number of benzene rings is 2. The molecule has 0 atom stereocenters. The van der Waals surface area contributed by atoms with Gasteiger partial charge in [-0.1, -0.05) is 18.2 Å². The molecule has 0 heterocycles. The number of carbonyl (C=O) groups excluding carboxylic acids is 1. The van der Waals surface area contributed by atoms with Gasteiger partial charge in [-0.2, -0.15) is 0 Å². The second kappa shape index (κ2) is 11.0. The number of carboxylic acid groups (broad SMARTS) is 1. The van der Waals surface area contributed by atoms with Crippen LogP contribution in [-0.2, 0) is 16.2 Å². The van der Waals surface area contributed by atoms with Crippen LogP contribution < -0.4 is 9.47 Å². The van der Waals surface area contributed by atoms with E-state index in [4.69, 9.17) is 14.6 Å². The van der Waals surface area contributed by atoms with Gasteiger partial charge in [-0.05, 0) is 50.6 Å². The molecule has 0 fully saturated rings. The van der Waals surface area contributed by atoms with E-state index in [-0.39, 0.29) is 24.1 Å². The Hall–Kier alpha value is -3.35. The minimum Gasteiger partial charge on any atom is -0.489 e. The van der Waals surface area contributed by atoms with E-state index in [0.717, 1.165) is 0 Å². The van der Waals surface area contributed by atoms with Crippen molar-refractivity contribution < 1.29 is 28.6 Å². The largest absolute Gasteiger partial charge is 0.489 e. The molecule has 0 saturated heterocycles. The number of aliphatic carboxylic acids is 1. The van der Waals surface area contributed by atoms with E-state index in [1.54, 1.807) is 48.2 Å². The van der Waals surface area contributed by atoms with Crippen LogP contribution >= 0.6 is 0 Å². The molecule has 0 aliphatic carbocycles. The van der Waals surface area contributed by atoms with Gasteiger partial charge in [0.15, 0.2) is 6.61 Å². The summed E-state index contributed by atoms with van der Waals surface area (Å²) in [6, 6.07) is 11.1. The molecule has 30 heavy (non-hydrogen) atoms. The van der Waals surface area contributed by atoms with Crippen LogP contribution in [0, 0.1) is 5.82 Å². The number of hydrogen-bond donors (Lipinski definition) is 1. The minimum absolute atomic E-state index is 0.00439. The summed E-state index contributed by atoms with van der Waals surface area (Å²) >= 11 is 0. The number of carbonyl (C=O) groups is 2. The number of nitrogens with zero attached hydrogens (tertiary/aromatic N) is 1. The fraction of sp³-hybridized carbons (Fsp3) is 0.304. The van der Waals surface area contributed by atoms with Gasteiger partial charge in [0.25, 0.3) is 0 Å². The molecule has 0 spiro atoms. The maximum atomic E-state index is 13.8. The molecule has 2 rings (SSSR count). The molecule has 0 bridgehead atoms. The third kappa shape index (κ3) is 6.62. The van der Waals surface area contributed by atoms with Gasteiger partial charge in [0.1, 0.15) is 23.9 Å². The SMILES string of the molecule is CCN(CC)C(=O)/C(C)=C\c1cc(OCC(=O)O)cc(OCc2ccccc2F)c1. The van der Waals surface area contributed by atoms with Gasteiger partial charge >= 0.3 is 5.97 Å². The Balaban J connectivity index is 2.29. The monoisotopic (exact) mass is 415 g/mol. The lowest BCUT2D eigenvalue weighted by molar-refractivity contribution is -0.139. The number of rotatable bonds is 10. The fourth-order valence-electron chi connectivity index (χ4n) is 2.84. The van der Waals surface area contributed by atoms with Gasteiger partial charge in [0.2, 0.25) is 5.91 Å². The zero-order chi connectivity index (χ0) is 22.1.